The summed E-state index contributed by atoms with van der Waals surface area (Å²) in [7, 11) is -3.42. The van der Waals surface area contributed by atoms with Crippen LogP contribution in [-0.4, -0.2) is 32.8 Å². The van der Waals surface area contributed by atoms with Gasteiger partial charge in [0.25, 0.3) is 0 Å². The topological polar surface area (TPSA) is 75.6 Å². The zero-order chi connectivity index (χ0) is 15.9. The summed E-state index contributed by atoms with van der Waals surface area (Å²) in [6.45, 7) is 6.69. The number of nitrogens with one attached hydrogen (secondary N) is 1. The molecular weight excluding hydrogens is 290 g/mol. The molecule has 120 valence electrons. The fraction of sp³-hybridized carbons (Fsp3) is 0.600. The first kappa shape index (κ1) is 18.1. The summed E-state index contributed by atoms with van der Waals surface area (Å²) in [4.78, 5) is 0. The van der Waals surface area contributed by atoms with Crippen molar-refractivity contribution >= 4 is 10.0 Å². The summed E-state index contributed by atoms with van der Waals surface area (Å²) in [5, 5.41) is 8.98. The third-order valence-electron chi connectivity index (χ3n) is 3.20. The second-order valence-electron chi connectivity index (χ2n) is 5.36. The lowest BCUT2D eigenvalue weighted by molar-refractivity contribution is 0.116. The van der Waals surface area contributed by atoms with Crippen LogP contribution in [0.1, 0.15) is 31.9 Å². The largest absolute Gasteiger partial charge is 0.392 e. The molecule has 0 radical (unpaired) electrons. The monoisotopic (exact) mass is 315 g/mol. The minimum Gasteiger partial charge on any atom is -0.392 e. The van der Waals surface area contributed by atoms with Crippen LogP contribution in [0.15, 0.2) is 24.3 Å². The molecule has 0 saturated heterocycles. The van der Waals surface area contributed by atoms with E-state index in [0.29, 0.717) is 18.8 Å². The van der Waals surface area contributed by atoms with Crippen molar-refractivity contribution in [2.75, 3.05) is 13.2 Å². The lowest BCUT2D eigenvalue weighted by Gasteiger charge is -2.22. The van der Waals surface area contributed by atoms with Gasteiger partial charge in [0.05, 0.1) is 19.0 Å². The van der Waals surface area contributed by atoms with E-state index >= 15 is 0 Å². The van der Waals surface area contributed by atoms with E-state index in [4.69, 9.17) is 9.84 Å². The van der Waals surface area contributed by atoms with Crippen molar-refractivity contribution in [3.63, 3.8) is 0 Å². The molecule has 0 fully saturated rings. The first-order valence-corrected chi connectivity index (χ1v) is 8.79. The van der Waals surface area contributed by atoms with E-state index in [1.54, 1.807) is 24.3 Å². The Labute approximate surface area is 127 Å². The van der Waals surface area contributed by atoms with E-state index in [-0.39, 0.29) is 24.3 Å². The Kier molecular flexibility index (Phi) is 7.31. The number of aliphatic hydroxyl groups excluding tert-OH is 1. The summed E-state index contributed by atoms with van der Waals surface area (Å²) < 4.78 is 32.5. The molecule has 0 saturated carbocycles. The summed E-state index contributed by atoms with van der Waals surface area (Å²) in [6.07, 6.45) is 0. The number of rotatable bonds is 9. The van der Waals surface area contributed by atoms with Gasteiger partial charge in [0.15, 0.2) is 0 Å². The molecule has 0 aliphatic heterocycles. The molecule has 0 aliphatic carbocycles. The van der Waals surface area contributed by atoms with Crippen molar-refractivity contribution in [3.05, 3.63) is 35.4 Å². The zero-order valence-corrected chi connectivity index (χ0v) is 13.7. The predicted molar refractivity (Wildman–Crippen MR) is 83.2 cm³/mol. The molecule has 1 aromatic rings. The SMILES string of the molecule is CCOCC(NS(=O)(=O)Cc1ccc(CO)cc1)C(C)C. The van der Waals surface area contributed by atoms with Crippen LogP contribution in [-0.2, 0) is 27.1 Å². The molecule has 0 aromatic heterocycles. The first-order valence-electron chi connectivity index (χ1n) is 7.14. The fourth-order valence-electron chi connectivity index (χ4n) is 1.84. The normalized spacial score (nSPS) is 13.6. The van der Waals surface area contributed by atoms with Crippen LogP contribution < -0.4 is 4.72 Å². The standard InChI is InChI=1S/C15H25NO4S/c1-4-20-10-15(12(2)3)16-21(18,19)11-14-7-5-13(9-17)6-8-14/h5-8,12,15-17H,4,9-11H2,1-3H3. The van der Waals surface area contributed by atoms with Gasteiger partial charge in [-0.2, -0.15) is 0 Å². The van der Waals surface area contributed by atoms with E-state index in [0.717, 1.165) is 5.56 Å². The average Bonchev–Trinajstić information content (AvgIpc) is 2.43. The molecule has 0 heterocycles. The highest BCUT2D eigenvalue weighted by Gasteiger charge is 2.21. The maximum atomic E-state index is 12.2. The van der Waals surface area contributed by atoms with Gasteiger partial charge < -0.3 is 9.84 Å². The highest BCUT2D eigenvalue weighted by Crippen LogP contribution is 2.10. The molecule has 0 bridgehead atoms. The molecule has 1 aromatic carbocycles. The number of ether oxygens (including phenoxy) is 1. The summed E-state index contributed by atoms with van der Waals surface area (Å²) in [6, 6.07) is 6.66. The molecule has 2 N–H and O–H groups in total. The quantitative estimate of drug-likeness (QED) is 0.727. The molecule has 5 nitrogen and oxygen atoms in total. The number of sulfonamides is 1. The molecule has 1 rings (SSSR count). The van der Waals surface area contributed by atoms with Crippen LogP contribution in [0.2, 0.25) is 0 Å². The Morgan fingerprint density at radius 2 is 1.76 bits per heavy atom. The Bertz CT molecular complexity index is 511. The molecule has 21 heavy (non-hydrogen) atoms. The van der Waals surface area contributed by atoms with E-state index in [2.05, 4.69) is 4.72 Å². The third kappa shape index (κ3) is 6.56. The molecule has 1 unspecified atom stereocenters. The fourth-order valence-corrected chi connectivity index (χ4v) is 3.36. The Hall–Kier alpha value is -0.950. The van der Waals surface area contributed by atoms with Crippen LogP contribution in [0, 0.1) is 5.92 Å². The maximum Gasteiger partial charge on any atom is 0.216 e. The van der Waals surface area contributed by atoms with Gasteiger partial charge in [-0.25, -0.2) is 13.1 Å². The van der Waals surface area contributed by atoms with Crippen molar-refractivity contribution in [2.45, 2.75) is 39.2 Å². The van der Waals surface area contributed by atoms with Crippen molar-refractivity contribution in [1.29, 1.82) is 0 Å². The van der Waals surface area contributed by atoms with E-state index in [9.17, 15) is 8.42 Å². The van der Waals surface area contributed by atoms with Gasteiger partial charge in [-0.1, -0.05) is 38.1 Å². The van der Waals surface area contributed by atoms with Gasteiger partial charge in [-0.05, 0) is 24.0 Å². The Balaban J connectivity index is 2.70. The Morgan fingerprint density at radius 3 is 2.24 bits per heavy atom. The van der Waals surface area contributed by atoms with Crippen LogP contribution in [0.3, 0.4) is 0 Å². The van der Waals surface area contributed by atoms with E-state index in [1.807, 2.05) is 20.8 Å². The van der Waals surface area contributed by atoms with Crippen LogP contribution in [0.5, 0.6) is 0 Å². The molecular formula is C15H25NO4S. The number of aliphatic hydroxyl groups is 1. The summed E-state index contributed by atoms with van der Waals surface area (Å²) in [5.74, 6) is 0.0803. The van der Waals surface area contributed by atoms with Crippen LogP contribution in [0.4, 0.5) is 0 Å². The van der Waals surface area contributed by atoms with Gasteiger partial charge in [0, 0.05) is 12.6 Å². The van der Waals surface area contributed by atoms with Gasteiger partial charge in [-0.15, -0.1) is 0 Å². The molecule has 1 atom stereocenters. The first-order chi connectivity index (χ1) is 9.88. The number of benzene rings is 1. The predicted octanol–water partition coefficient (Wildman–Crippen LogP) is 1.66. The van der Waals surface area contributed by atoms with Gasteiger partial charge in [0.1, 0.15) is 0 Å². The van der Waals surface area contributed by atoms with E-state index < -0.39 is 10.0 Å². The van der Waals surface area contributed by atoms with Crippen molar-refractivity contribution < 1.29 is 18.3 Å². The lowest BCUT2D eigenvalue weighted by atomic mass is 10.1. The summed E-state index contributed by atoms with van der Waals surface area (Å²) >= 11 is 0. The van der Waals surface area contributed by atoms with E-state index in [1.165, 1.54) is 0 Å². The van der Waals surface area contributed by atoms with Gasteiger partial charge in [-0.3, -0.25) is 0 Å². The zero-order valence-electron chi connectivity index (χ0n) is 12.9. The maximum absolute atomic E-state index is 12.2. The smallest absolute Gasteiger partial charge is 0.216 e. The van der Waals surface area contributed by atoms with Crippen molar-refractivity contribution in [3.8, 4) is 0 Å². The van der Waals surface area contributed by atoms with Gasteiger partial charge >= 0.3 is 0 Å². The van der Waals surface area contributed by atoms with Crippen LogP contribution in [0.25, 0.3) is 0 Å². The van der Waals surface area contributed by atoms with Crippen molar-refractivity contribution in [1.82, 2.24) is 4.72 Å². The molecule has 0 spiro atoms. The van der Waals surface area contributed by atoms with Gasteiger partial charge in [0.2, 0.25) is 10.0 Å². The van der Waals surface area contributed by atoms with Crippen LogP contribution >= 0.6 is 0 Å². The molecule has 6 heteroatoms. The molecule has 0 amide bonds. The summed E-state index contributed by atoms with van der Waals surface area (Å²) in [5.41, 5.74) is 1.46. The minimum absolute atomic E-state index is 0.0466. The number of hydrogen-bond acceptors (Lipinski definition) is 4. The highest BCUT2D eigenvalue weighted by molar-refractivity contribution is 7.88. The second-order valence-corrected chi connectivity index (χ2v) is 7.12. The highest BCUT2D eigenvalue weighted by atomic mass is 32.2. The number of hydrogen-bond donors (Lipinski definition) is 2. The Morgan fingerprint density at radius 1 is 1.19 bits per heavy atom. The minimum atomic E-state index is -3.42. The average molecular weight is 315 g/mol. The second kappa shape index (κ2) is 8.48. The lowest BCUT2D eigenvalue weighted by Crippen LogP contribution is -2.42. The molecule has 0 aliphatic rings. The van der Waals surface area contributed by atoms with Crippen molar-refractivity contribution in [2.24, 2.45) is 5.92 Å². The third-order valence-corrected chi connectivity index (χ3v) is 4.57.